The predicted molar refractivity (Wildman–Crippen MR) is 89.2 cm³/mol. The van der Waals surface area contributed by atoms with E-state index in [2.05, 4.69) is 49.8 Å². The molecule has 4 heteroatoms. The van der Waals surface area contributed by atoms with Crippen LogP contribution in [-0.4, -0.2) is 22.9 Å². The molecule has 2 rings (SSSR count). The molecule has 0 spiro atoms. The lowest BCUT2D eigenvalue weighted by molar-refractivity contribution is 0.624. The molecule has 1 heterocycles. The second-order valence-corrected chi connectivity index (χ2v) is 6.01. The third-order valence-corrected chi connectivity index (χ3v) is 4.13. The number of hydrogen-bond donors (Lipinski definition) is 1. The van der Waals surface area contributed by atoms with E-state index in [9.17, 15) is 0 Å². The molecule has 0 aliphatic heterocycles. The van der Waals surface area contributed by atoms with Crippen LogP contribution in [0.3, 0.4) is 0 Å². The van der Waals surface area contributed by atoms with Gasteiger partial charge >= 0.3 is 0 Å². The van der Waals surface area contributed by atoms with Gasteiger partial charge in [0, 0.05) is 22.8 Å². The topological polar surface area (TPSA) is 29.9 Å². The molecule has 0 amide bonds. The predicted octanol–water partition coefficient (Wildman–Crippen LogP) is 3.91. The highest BCUT2D eigenvalue weighted by Crippen LogP contribution is 2.23. The summed E-state index contributed by atoms with van der Waals surface area (Å²) in [5, 5.41) is 8.90. The van der Waals surface area contributed by atoms with Crippen LogP contribution in [0.1, 0.15) is 42.3 Å². The van der Waals surface area contributed by atoms with Crippen molar-refractivity contribution in [3.05, 3.63) is 51.8 Å². The Morgan fingerprint density at radius 2 is 1.90 bits per heavy atom. The van der Waals surface area contributed by atoms with E-state index in [1.807, 2.05) is 12.1 Å². The maximum absolute atomic E-state index is 5.94. The molecule has 0 saturated carbocycles. The Balaban J connectivity index is 2.20. The van der Waals surface area contributed by atoms with Crippen molar-refractivity contribution in [3.63, 3.8) is 0 Å². The molecule has 1 atom stereocenters. The fourth-order valence-corrected chi connectivity index (χ4v) is 2.93. The van der Waals surface area contributed by atoms with E-state index >= 15 is 0 Å². The van der Waals surface area contributed by atoms with Gasteiger partial charge in [-0.3, -0.25) is 4.68 Å². The summed E-state index contributed by atoms with van der Waals surface area (Å²) in [6, 6.07) is 7.97. The summed E-state index contributed by atoms with van der Waals surface area (Å²) in [7, 11) is 0. The molecule has 1 unspecified atom stereocenters. The minimum atomic E-state index is 0.476. The number of benzene rings is 1. The fourth-order valence-electron chi connectivity index (χ4n) is 2.80. The van der Waals surface area contributed by atoms with Crippen LogP contribution in [0.5, 0.6) is 0 Å². The van der Waals surface area contributed by atoms with Gasteiger partial charge in [-0.05, 0) is 44.0 Å². The second-order valence-electron chi connectivity index (χ2n) is 5.58. The van der Waals surface area contributed by atoms with Gasteiger partial charge in [-0.1, -0.05) is 37.6 Å². The molecule has 3 nitrogen and oxygen atoms in total. The molecule has 0 saturated heterocycles. The van der Waals surface area contributed by atoms with Crippen molar-refractivity contribution in [2.24, 2.45) is 0 Å². The molecule has 0 bridgehead atoms. The summed E-state index contributed by atoms with van der Waals surface area (Å²) in [6.45, 7) is 11.4. The minimum absolute atomic E-state index is 0.476. The fraction of sp³-hybridized carbons (Fsp3) is 0.471. The monoisotopic (exact) mass is 305 g/mol. The smallest absolute Gasteiger partial charge is 0.0662 e. The molecule has 21 heavy (non-hydrogen) atoms. The lowest BCUT2D eigenvalue weighted by atomic mass is 9.99. The molecule has 1 aromatic carbocycles. The second kappa shape index (κ2) is 7.10. The third-order valence-electron chi connectivity index (χ3n) is 3.88. The molecule has 1 aromatic heterocycles. The summed E-state index contributed by atoms with van der Waals surface area (Å²) < 4.78 is 2.09. The molecular formula is C17H24ClN3. The highest BCUT2D eigenvalue weighted by molar-refractivity contribution is 6.30. The molecule has 0 aliphatic rings. The highest BCUT2D eigenvalue weighted by Gasteiger charge is 2.17. The largest absolute Gasteiger partial charge is 0.316 e. The number of nitrogens with one attached hydrogen (secondary N) is 1. The van der Waals surface area contributed by atoms with Crippen molar-refractivity contribution in [1.82, 2.24) is 15.1 Å². The van der Waals surface area contributed by atoms with Gasteiger partial charge in [-0.25, -0.2) is 0 Å². The van der Waals surface area contributed by atoms with Crippen LogP contribution >= 0.6 is 11.6 Å². The minimum Gasteiger partial charge on any atom is -0.316 e. The van der Waals surface area contributed by atoms with Crippen LogP contribution in [0.25, 0.3) is 0 Å². The van der Waals surface area contributed by atoms with Crippen LogP contribution in [-0.2, 0) is 6.54 Å². The standard InChI is InChI=1S/C17H24ClN3/c1-5-19-10-12(2)17-13(3)20-21(14(17)4)11-15-6-8-16(18)9-7-15/h6-9,12,19H,5,10-11H2,1-4H3. The van der Waals surface area contributed by atoms with Crippen molar-refractivity contribution in [2.75, 3.05) is 13.1 Å². The number of aromatic nitrogens is 2. The zero-order chi connectivity index (χ0) is 15.4. The van der Waals surface area contributed by atoms with Gasteiger partial charge in [0.05, 0.1) is 12.2 Å². The summed E-state index contributed by atoms with van der Waals surface area (Å²) in [5.41, 5.74) is 4.97. The van der Waals surface area contributed by atoms with Crippen molar-refractivity contribution in [1.29, 1.82) is 0 Å². The third kappa shape index (κ3) is 3.86. The van der Waals surface area contributed by atoms with E-state index in [4.69, 9.17) is 16.7 Å². The molecule has 0 fully saturated rings. The Hall–Kier alpha value is -1.32. The first-order valence-corrected chi connectivity index (χ1v) is 7.89. The van der Waals surface area contributed by atoms with Crippen molar-refractivity contribution < 1.29 is 0 Å². The molecule has 114 valence electrons. The molecule has 1 N–H and O–H groups in total. The van der Waals surface area contributed by atoms with Crippen molar-refractivity contribution >= 4 is 11.6 Å². The lowest BCUT2D eigenvalue weighted by Crippen LogP contribution is -2.20. The van der Waals surface area contributed by atoms with Gasteiger partial charge in [0.25, 0.3) is 0 Å². The summed E-state index contributed by atoms with van der Waals surface area (Å²) in [5.74, 6) is 0.476. The van der Waals surface area contributed by atoms with Gasteiger partial charge in [-0.15, -0.1) is 0 Å². The SMILES string of the molecule is CCNCC(C)c1c(C)nn(Cc2ccc(Cl)cc2)c1C. The van der Waals surface area contributed by atoms with Crippen LogP contribution in [0.4, 0.5) is 0 Å². The van der Waals surface area contributed by atoms with Crippen LogP contribution in [0, 0.1) is 13.8 Å². The van der Waals surface area contributed by atoms with E-state index in [1.165, 1.54) is 16.8 Å². The van der Waals surface area contributed by atoms with Gasteiger partial charge in [0.1, 0.15) is 0 Å². The Morgan fingerprint density at radius 1 is 1.24 bits per heavy atom. The molecular weight excluding hydrogens is 282 g/mol. The number of halogens is 1. The first-order chi connectivity index (χ1) is 10.0. The number of hydrogen-bond acceptors (Lipinski definition) is 2. The van der Waals surface area contributed by atoms with E-state index in [0.29, 0.717) is 5.92 Å². The number of nitrogens with zero attached hydrogens (tertiary/aromatic N) is 2. The summed E-state index contributed by atoms with van der Waals surface area (Å²) in [4.78, 5) is 0. The Bertz CT molecular complexity index is 587. The maximum atomic E-state index is 5.94. The normalized spacial score (nSPS) is 12.6. The first kappa shape index (κ1) is 16.1. The summed E-state index contributed by atoms with van der Waals surface area (Å²) >= 11 is 5.94. The number of aryl methyl sites for hydroxylation is 1. The van der Waals surface area contributed by atoms with E-state index in [-0.39, 0.29) is 0 Å². The lowest BCUT2D eigenvalue weighted by Gasteiger charge is -2.13. The quantitative estimate of drug-likeness (QED) is 0.877. The number of rotatable bonds is 6. The van der Waals surface area contributed by atoms with E-state index in [0.717, 1.165) is 30.4 Å². The zero-order valence-corrected chi connectivity index (χ0v) is 14.0. The Labute approximate surface area is 132 Å². The van der Waals surface area contributed by atoms with Crippen molar-refractivity contribution in [3.8, 4) is 0 Å². The molecule has 0 radical (unpaired) electrons. The average Bonchev–Trinajstić information content (AvgIpc) is 2.73. The van der Waals surface area contributed by atoms with E-state index in [1.54, 1.807) is 0 Å². The van der Waals surface area contributed by atoms with Crippen molar-refractivity contribution in [2.45, 2.75) is 40.2 Å². The van der Waals surface area contributed by atoms with Gasteiger partial charge < -0.3 is 5.32 Å². The molecule has 0 aliphatic carbocycles. The zero-order valence-electron chi connectivity index (χ0n) is 13.3. The Kier molecular flexibility index (Phi) is 5.43. The van der Waals surface area contributed by atoms with Gasteiger partial charge in [-0.2, -0.15) is 5.10 Å². The average molecular weight is 306 g/mol. The van der Waals surface area contributed by atoms with Crippen LogP contribution < -0.4 is 5.32 Å². The molecule has 2 aromatic rings. The van der Waals surface area contributed by atoms with Gasteiger partial charge in [0.15, 0.2) is 0 Å². The Morgan fingerprint density at radius 3 is 2.52 bits per heavy atom. The van der Waals surface area contributed by atoms with Crippen LogP contribution in [0.2, 0.25) is 5.02 Å². The highest BCUT2D eigenvalue weighted by atomic mass is 35.5. The first-order valence-electron chi connectivity index (χ1n) is 7.52. The van der Waals surface area contributed by atoms with Gasteiger partial charge in [0.2, 0.25) is 0 Å². The number of likely N-dealkylation sites (N-methyl/N-ethyl adjacent to an activating group) is 1. The summed E-state index contributed by atoms with van der Waals surface area (Å²) in [6.07, 6.45) is 0. The van der Waals surface area contributed by atoms with Crippen LogP contribution in [0.15, 0.2) is 24.3 Å². The van der Waals surface area contributed by atoms with E-state index < -0.39 is 0 Å². The maximum Gasteiger partial charge on any atom is 0.0662 e.